The quantitative estimate of drug-likeness (QED) is 0.385. The summed E-state index contributed by atoms with van der Waals surface area (Å²) in [5.41, 5.74) is 2.41. The number of para-hydroxylation sites is 1. The number of carbonyl (C=O) groups is 1. The maximum Gasteiger partial charge on any atom is 0.278 e. The molecule has 1 N–H and O–H groups in total. The average Bonchev–Trinajstić information content (AvgIpc) is 3.39. The van der Waals surface area contributed by atoms with Crippen LogP contribution in [0.2, 0.25) is 0 Å². The summed E-state index contributed by atoms with van der Waals surface area (Å²) in [6.07, 6.45) is 3.03. The van der Waals surface area contributed by atoms with E-state index in [0.717, 1.165) is 5.56 Å². The topological polar surface area (TPSA) is 134 Å². The second kappa shape index (κ2) is 7.91. The number of amides is 1. The molecule has 0 aliphatic carbocycles. The van der Waals surface area contributed by atoms with Gasteiger partial charge in [-0.15, -0.1) is 5.10 Å². The van der Waals surface area contributed by atoms with Gasteiger partial charge in [0.05, 0.1) is 22.8 Å². The molecule has 0 unspecified atom stereocenters. The Hall–Kier alpha value is -4.41. The van der Waals surface area contributed by atoms with Gasteiger partial charge in [-0.25, -0.2) is 14.3 Å². The zero-order valence-corrected chi connectivity index (χ0v) is 15.8. The fourth-order valence-electron chi connectivity index (χ4n) is 2.97. The molecule has 11 heteroatoms. The molecule has 4 rings (SSSR count). The Morgan fingerprint density at radius 1 is 1.20 bits per heavy atom. The molecule has 0 radical (unpaired) electrons. The number of aromatic nitrogens is 6. The van der Waals surface area contributed by atoms with E-state index < -0.39 is 10.8 Å². The lowest BCUT2D eigenvalue weighted by Crippen LogP contribution is -2.16. The van der Waals surface area contributed by atoms with E-state index in [-0.39, 0.29) is 11.4 Å². The Bertz CT molecular complexity index is 1220. The molecule has 4 aromatic rings. The molecule has 0 spiro atoms. The van der Waals surface area contributed by atoms with E-state index in [1.54, 1.807) is 36.1 Å². The summed E-state index contributed by atoms with van der Waals surface area (Å²) in [6.45, 7) is 2.12. The number of nitro benzene ring substituents is 1. The van der Waals surface area contributed by atoms with Crippen molar-refractivity contribution < 1.29 is 9.72 Å². The molecule has 0 saturated heterocycles. The minimum absolute atomic E-state index is 0.0737. The molecule has 1 amide bonds. The van der Waals surface area contributed by atoms with Gasteiger partial charge in [-0.2, -0.15) is 5.10 Å². The second-order valence-electron chi connectivity index (χ2n) is 6.42. The molecular formula is C19H16N8O3. The van der Waals surface area contributed by atoms with Crippen LogP contribution in [-0.4, -0.2) is 40.6 Å². The number of hydrogen-bond donors (Lipinski definition) is 1. The maximum absolute atomic E-state index is 12.8. The van der Waals surface area contributed by atoms with Gasteiger partial charge in [-0.3, -0.25) is 14.9 Å². The Kier molecular flexibility index (Phi) is 4.99. The van der Waals surface area contributed by atoms with Gasteiger partial charge in [0.2, 0.25) is 0 Å². The van der Waals surface area contributed by atoms with Crippen molar-refractivity contribution in [2.75, 3.05) is 5.32 Å². The van der Waals surface area contributed by atoms with Crippen LogP contribution in [0.5, 0.6) is 0 Å². The molecule has 2 heterocycles. The smallest absolute Gasteiger partial charge is 0.278 e. The fourth-order valence-corrected chi connectivity index (χ4v) is 2.97. The molecule has 0 saturated carbocycles. The number of nitrogens with one attached hydrogen (secondary N) is 1. The van der Waals surface area contributed by atoms with Gasteiger partial charge in [0, 0.05) is 17.8 Å². The maximum atomic E-state index is 12.8. The highest BCUT2D eigenvalue weighted by molar-refractivity contribution is 6.04. The number of nitro groups is 1. The van der Waals surface area contributed by atoms with E-state index in [0.29, 0.717) is 23.6 Å². The van der Waals surface area contributed by atoms with Gasteiger partial charge < -0.3 is 5.32 Å². The van der Waals surface area contributed by atoms with E-state index >= 15 is 0 Å². The van der Waals surface area contributed by atoms with Crippen LogP contribution in [0.15, 0.2) is 61.2 Å². The average molecular weight is 404 g/mol. The van der Waals surface area contributed by atoms with Gasteiger partial charge in [0.25, 0.3) is 11.6 Å². The zero-order chi connectivity index (χ0) is 21.1. The molecule has 11 nitrogen and oxygen atoms in total. The van der Waals surface area contributed by atoms with Crippen LogP contribution < -0.4 is 5.32 Å². The highest BCUT2D eigenvalue weighted by Gasteiger charge is 2.19. The lowest BCUT2D eigenvalue weighted by Gasteiger charge is -2.10. The number of anilines is 1. The van der Waals surface area contributed by atoms with Gasteiger partial charge >= 0.3 is 0 Å². The summed E-state index contributed by atoms with van der Waals surface area (Å²) in [6, 6.07) is 13.3. The summed E-state index contributed by atoms with van der Waals surface area (Å²) in [5.74, 6) is -0.435. The molecule has 150 valence electrons. The standard InChI is InChI=1S/C19H16N8O3/c1-13-18(23-24-26(13)15-6-4-7-16(9-15)27(29)30)19(28)22-17-8-3-2-5-14(17)10-25-12-20-11-21-25/h2-9,11-12H,10H2,1H3,(H,22,28). The summed E-state index contributed by atoms with van der Waals surface area (Å²) in [4.78, 5) is 27.3. The molecule has 0 atom stereocenters. The Morgan fingerprint density at radius 3 is 2.80 bits per heavy atom. The second-order valence-corrected chi connectivity index (χ2v) is 6.42. The number of non-ortho nitro benzene ring substituents is 1. The van der Waals surface area contributed by atoms with Crippen LogP contribution in [0.1, 0.15) is 21.7 Å². The van der Waals surface area contributed by atoms with Gasteiger partial charge in [-0.05, 0) is 24.6 Å². The van der Waals surface area contributed by atoms with Crippen molar-refractivity contribution in [2.45, 2.75) is 13.5 Å². The van der Waals surface area contributed by atoms with Crippen LogP contribution in [0, 0.1) is 17.0 Å². The van der Waals surface area contributed by atoms with Crippen molar-refractivity contribution in [3.05, 3.63) is 88.3 Å². The minimum Gasteiger partial charge on any atom is -0.320 e. The van der Waals surface area contributed by atoms with Gasteiger partial charge in [-0.1, -0.05) is 29.5 Å². The number of rotatable bonds is 6. The monoisotopic (exact) mass is 404 g/mol. The Labute approximate surface area is 170 Å². The first-order valence-electron chi connectivity index (χ1n) is 8.91. The molecule has 2 aromatic carbocycles. The SMILES string of the molecule is Cc1c(C(=O)Nc2ccccc2Cn2cncn2)nnn1-c1cccc([N+](=O)[O-])c1. The number of benzene rings is 2. The summed E-state index contributed by atoms with van der Waals surface area (Å²) in [7, 11) is 0. The first-order chi connectivity index (χ1) is 14.5. The Balaban J connectivity index is 1.59. The zero-order valence-electron chi connectivity index (χ0n) is 15.8. The van der Waals surface area contributed by atoms with Crippen molar-refractivity contribution in [3.8, 4) is 5.69 Å². The largest absolute Gasteiger partial charge is 0.320 e. The molecule has 30 heavy (non-hydrogen) atoms. The molecule has 2 aromatic heterocycles. The summed E-state index contributed by atoms with van der Waals surface area (Å²) < 4.78 is 3.04. The van der Waals surface area contributed by atoms with E-state index in [2.05, 4.69) is 25.7 Å². The van der Waals surface area contributed by atoms with Gasteiger partial charge in [0.15, 0.2) is 5.69 Å². The molecule has 0 fully saturated rings. The minimum atomic E-state index is -0.491. The van der Waals surface area contributed by atoms with E-state index in [4.69, 9.17) is 0 Å². The van der Waals surface area contributed by atoms with Gasteiger partial charge in [0.1, 0.15) is 12.7 Å². The molecular weight excluding hydrogens is 388 g/mol. The lowest BCUT2D eigenvalue weighted by atomic mass is 10.1. The fraction of sp³-hybridized carbons (Fsp3) is 0.105. The predicted molar refractivity (Wildman–Crippen MR) is 106 cm³/mol. The van der Waals surface area contributed by atoms with E-state index in [9.17, 15) is 14.9 Å². The molecule has 0 bridgehead atoms. The van der Waals surface area contributed by atoms with Crippen molar-refractivity contribution in [2.24, 2.45) is 0 Å². The lowest BCUT2D eigenvalue weighted by molar-refractivity contribution is -0.384. The third-order valence-electron chi connectivity index (χ3n) is 4.46. The van der Waals surface area contributed by atoms with Crippen molar-refractivity contribution in [1.82, 2.24) is 29.8 Å². The number of carbonyl (C=O) groups excluding carboxylic acids is 1. The van der Waals surface area contributed by atoms with Crippen molar-refractivity contribution >= 4 is 17.3 Å². The molecule has 0 aliphatic rings. The Morgan fingerprint density at radius 2 is 2.03 bits per heavy atom. The summed E-state index contributed by atoms with van der Waals surface area (Å²) >= 11 is 0. The highest BCUT2D eigenvalue weighted by Crippen LogP contribution is 2.20. The van der Waals surface area contributed by atoms with Crippen LogP contribution in [0.4, 0.5) is 11.4 Å². The van der Waals surface area contributed by atoms with Crippen molar-refractivity contribution in [3.63, 3.8) is 0 Å². The molecule has 0 aliphatic heterocycles. The first-order valence-corrected chi connectivity index (χ1v) is 8.91. The normalized spacial score (nSPS) is 10.7. The first kappa shape index (κ1) is 18.9. The summed E-state index contributed by atoms with van der Waals surface area (Å²) in [5, 5.41) is 25.9. The van der Waals surface area contributed by atoms with Crippen molar-refractivity contribution in [1.29, 1.82) is 0 Å². The van der Waals surface area contributed by atoms with E-state index in [1.807, 2.05) is 18.2 Å². The predicted octanol–water partition coefficient (Wildman–Crippen LogP) is 2.38. The number of hydrogen-bond acceptors (Lipinski definition) is 7. The highest BCUT2D eigenvalue weighted by atomic mass is 16.6. The third-order valence-corrected chi connectivity index (χ3v) is 4.46. The third kappa shape index (κ3) is 3.76. The van der Waals surface area contributed by atoms with Crippen LogP contribution in [-0.2, 0) is 6.54 Å². The van der Waals surface area contributed by atoms with Crippen LogP contribution >= 0.6 is 0 Å². The van der Waals surface area contributed by atoms with Crippen LogP contribution in [0.25, 0.3) is 5.69 Å². The van der Waals surface area contributed by atoms with E-state index in [1.165, 1.54) is 23.1 Å². The number of nitrogens with zero attached hydrogens (tertiary/aromatic N) is 7. The van der Waals surface area contributed by atoms with Crippen LogP contribution in [0.3, 0.4) is 0 Å².